The van der Waals surface area contributed by atoms with Crippen LogP contribution >= 0.6 is 0 Å². The molecule has 0 saturated carbocycles. The molecule has 2 aromatic carbocycles. The van der Waals surface area contributed by atoms with Gasteiger partial charge in [0.05, 0.1) is 11.3 Å². The van der Waals surface area contributed by atoms with E-state index in [1.807, 2.05) is 31.2 Å². The molecule has 3 rings (SSSR count). The molecule has 0 aliphatic rings. The molecule has 3 aromatic rings. The maximum absolute atomic E-state index is 12.9. The second kappa shape index (κ2) is 8.53. The van der Waals surface area contributed by atoms with Crippen LogP contribution in [0.2, 0.25) is 0 Å². The molecular weight excluding hydrogens is 362 g/mol. The van der Waals surface area contributed by atoms with Crippen LogP contribution in [0.4, 0.5) is 17.3 Å². The van der Waals surface area contributed by atoms with Crippen molar-refractivity contribution in [2.24, 2.45) is 0 Å². The van der Waals surface area contributed by atoms with Crippen LogP contribution < -0.4 is 10.6 Å². The number of aromatic nitrogens is 2. The van der Waals surface area contributed by atoms with Crippen LogP contribution in [-0.2, 0) is 0 Å². The smallest absolute Gasteiger partial charge is 0.274 e. The van der Waals surface area contributed by atoms with Crippen molar-refractivity contribution in [2.75, 3.05) is 10.6 Å². The van der Waals surface area contributed by atoms with Gasteiger partial charge in [-0.25, -0.2) is 9.97 Å². The molecule has 0 bridgehead atoms. The predicted molar refractivity (Wildman–Crippen MR) is 114 cm³/mol. The SMILES string of the molecule is Cc1cc(C(=O)Nc2c(C)cccc2C(C)C)nc(Nc2ccccc2C#N)n1. The van der Waals surface area contributed by atoms with E-state index in [-0.39, 0.29) is 23.5 Å². The Balaban J connectivity index is 1.91. The van der Waals surface area contributed by atoms with Crippen LogP contribution in [0.15, 0.2) is 48.5 Å². The molecule has 0 aliphatic heterocycles. The average molecular weight is 385 g/mol. The number of nitrogens with one attached hydrogen (secondary N) is 2. The van der Waals surface area contributed by atoms with Gasteiger partial charge in [0.1, 0.15) is 11.8 Å². The van der Waals surface area contributed by atoms with E-state index in [2.05, 4.69) is 40.5 Å². The van der Waals surface area contributed by atoms with E-state index < -0.39 is 0 Å². The number of nitrogens with zero attached hydrogens (tertiary/aromatic N) is 3. The van der Waals surface area contributed by atoms with Gasteiger partial charge in [-0.1, -0.05) is 44.2 Å². The first kappa shape index (κ1) is 20.0. The molecule has 0 saturated heterocycles. The van der Waals surface area contributed by atoms with Crippen molar-refractivity contribution in [2.45, 2.75) is 33.6 Å². The number of anilines is 3. The zero-order chi connectivity index (χ0) is 21.0. The molecule has 6 heteroatoms. The first-order valence-electron chi connectivity index (χ1n) is 9.41. The number of para-hydroxylation sites is 2. The van der Waals surface area contributed by atoms with Crippen molar-refractivity contribution in [3.63, 3.8) is 0 Å². The summed E-state index contributed by atoms with van der Waals surface area (Å²) in [5.41, 5.74) is 4.86. The third kappa shape index (κ3) is 4.58. The predicted octanol–water partition coefficient (Wildman–Crippen LogP) is 5.08. The monoisotopic (exact) mass is 385 g/mol. The average Bonchev–Trinajstić information content (AvgIpc) is 2.69. The molecule has 0 aliphatic carbocycles. The van der Waals surface area contributed by atoms with Crippen LogP contribution in [0.1, 0.15) is 52.6 Å². The highest BCUT2D eigenvalue weighted by Gasteiger charge is 2.16. The Hall–Kier alpha value is -3.72. The maximum atomic E-state index is 12.9. The second-order valence-electron chi connectivity index (χ2n) is 7.15. The molecule has 0 radical (unpaired) electrons. The summed E-state index contributed by atoms with van der Waals surface area (Å²) >= 11 is 0. The molecule has 29 heavy (non-hydrogen) atoms. The summed E-state index contributed by atoms with van der Waals surface area (Å²) in [7, 11) is 0. The normalized spacial score (nSPS) is 10.5. The third-order valence-corrected chi connectivity index (χ3v) is 4.55. The van der Waals surface area contributed by atoms with Crippen molar-refractivity contribution in [1.82, 2.24) is 9.97 Å². The summed E-state index contributed by atoms with van der Waals surface area (Å²) in [6, 6.07) is 16.8. The number of hydrogen-bond donors (Lipinski definition) is 2. The zero-order valence-corrected chi connectivity index (χ0v) is 16.9. The van der Waals surface area contributed by atoms with Gasteiger partial charge in [-0.15, -0.1) is 0 Å². The number of amides is 1. The minimum Gasteiger partial charge on any atom is -0.323 e. The van der Waals surface area contributed by atoms with Gasteiger partial charge >= 0.3 is 0 Å². The van der Waals surface area contributed by atoms with E-state index in [1.165, 1.54) is 0 Å². The van der Waals surface area contributed by atoms with Crippen molar-refractivity contribution in [3.05, 3.63) is 76.6 Å². The minimum absolute atomic E-state index is 0.257. The maximum Gasteiger partial charge on any atom is 0.274 e. The fourth-order valence-corrected chi connectivity index (χ4v) is 3.07. The Bertz CT molecular complexity index is 1100. The van der Waals surface area contributed by atoms with Gasteiger partial charge in [0.25, 0.3) is 5.91 Å². The highest BCUT2D eigenvalue weighted by molar-refractivity contribution is 6.04. The quantitative estimate of drug-likeness (QED) is 0.639. The molecule has 0 atom stereocenters. The van der Waals surface area contributed by atoms with E-state index >= 15 is 0 Å². The minimum atomic E-state index is -0.302. The third-order valence-electron chi connectivity index (χ3n) is 4.55. The second-order valence-corrected chi connectivity index (χ2v) is 7.15. The van der Waals surface area contributed by atoms with Crippen LogP contribution in [0.5, 0.6) is 0 Å². The Kier molecular flexibility index (Phi) is 5.89. The largest absolute Gasteiger partial charge is 0.323 e. The highest BCUT2D eigenvalue weighted by Crippen LogP contribution is 2.28. The number of rotatable bonds is 5. The first-order valence-corrected chi connectivity index (χ1v) is 9.41. The molecular formula is C23H23N5O. The number of carbonyl (C=O) groups excluding carboxylic acids is 1. The van der Waals surface area contributed by atoms with Crippen molar-refractivity contribution in [1.29, 1.82) is 5.26 Å². The fraction of sp³-hybridized carbons (Fsp3) is 0.217. The Labute approximate surface area is 170 Å². The van der Waals surface area contributed by atoms with E-state index in [4.69, 9.17) is 0 Å². The van der Waals surface area contributed by atoms with Gasteiger partial charge < -0.3 is 10.6 Å². The topological polar surface area (TPSA) is 90.7 Å². The Morgan fingerprint density at radius 2 is 1.83 bits per heavy atom. The number of hydrogen-bond acceptors (Lipinski definition) is 5. The van der Waals surface area contributed by atoms with Crippen LogP contribution in [0.3, 0.4) is 0 Å². The van der Waals surface area contributed by atoms with E-state index in [1.54, 1.807) is 31.2 Å². The van der Waals surface area contributed by atoms with E-state index in [0.717, 1.165) is 16.8 Å². The van der Waals surface area contributed by atoms with Crippen molar-refractivity contribution in [3.8, 4) is 6.07 Å². The first-order chi connectivity index (χ1) is 13.9. The van der Waals surface area contributed by atoms with Gasteiger partial charge in [0.15, 0.2) is 0 Å². The summed E-state index contributed by atoms with van der Waals surface area (Å²) in [6.45, 7) is 7.95. The van der Waals surface area contributed by atoms with Crippen LogP contribution in [0.25, 0.3) is 0 Å². The number of nitriles is 1. The Morgan fingerprint density at radius 3 is 2.55 bits per heavy atom. The summed E-state index contributed by atoms with van der Waals surface area (Å²) in [5, 5.41) is 15.3. The van der Waals surface area contributed by atoms with Gasteiger partial charge in [-0.2, -0.15) is 5.26 Å². The molecule has 0 fully saturated rings. The lowest BCUT2D eigenvalue weighted by atomic mass is 9.98. The molecule has 1 amide bonds. The standard InChI is InChI=1S/C23H23N5O/c1-14(2)18-10-7-8-15(3)21(18)28-22(29)20-12-16(4)25-23(27-20)26-19-11-6-5-9-17(19)13-24/h5-12,14H,1-4H3,(H,28,29)(H,25,26,27). The fourth-order valence-electron chi connectivity index (χ4n) is 3.07. The summed E-state index contributed by atoms with van der Waals surface area (Å²) in [5.74, 6) is 0.243. The van der Waals surface area contributed by atoms with Crippen molar-refractivity contribution >= 4 is 23.2 Å². The number of aryl methyl sites for hydroxylation is 2. The van der Waals surface area contributed by atoms with Gasteiger partial charge in [0, 0.05) is 11.4 Å². The molecule has 0 spiro atoms. The van der Waals surface area contributed by atoms with E-state index in [9.17, 15) is 10.1 Å². The molecule has 6 nitrogen and oxygen atoms in total. The van der Waals surface area contributed by atoms with Gasteiger partial charge in [-0.3, -0.25) is 4.79 Å². The van der Waals surface area contributed by atoms with Crippen molar-refractivity contribution < 1.29 is 4.79 Å². The summed E-state index contributed by atoms with van der Waals surface area (Å²) in [4.78, 5) is 21.6. The molecule has 146 valence electrons. The molecule has 1 aromatic heterocycles. The lowest BCUT2D eigenvalue weighted by Crippen LogP contribution is -2.17. The molecule has 2 N–H and O–H groups in total. The van der Waals surface area contributed by atoms with E-state index in [0.29, 0.717) is 16.9 Å². The summed E-state index contributed by atoms with van der Waals surface area (Å²) in [6.07, 6.45) is 0. The van der Waals surface area contributed by atoms with Crippen LogP contribution in [0, 0.1) is 25.2 Å². The Morgan fingerprint density at radius 1 is 1.07 bits per heavy atom. The summed E-state index contributed by atoms with van der Waals surface area (Å²) < 4.78 is 0. The highest BCUT2D eigenvalue weighted by atomic mass is 16.1. The lowest BCUT2D eigenvalue weighted by Gasteiger charge is -2.16. The zero-order valence-electron chi connectivity index (χ0n) is 16.9. The number of carbonyl (C=O) groups is 1. The van der Waals surface area contributed by atoms with Gasteiger partial charge in [-0.05, 0) is 49.1 Å². The lowest BCUT2D eigenvalue weighted by molar-refractivity contribution is 0.102. The van der Waals surface area contributed by atoms with Gasteiger partial charge in [0.2, 0.25) is 5.95 Å². The molecule has 0 unspecified atom stereocenters. The number of benzene rings is 2. The molecule has 1 heterocycles. The van der Waals surface area contributed by atoms with Crippen LogP contribution in [-0.4, -0.2) is 15.9 Å².